The van der Waals surface area contributed by atoms with E-state index in [4.69, 9.17) is 4.84 Å². The lowest BCUT2D eigenvalue weighted by molar-refractivity contribution is 0.0522. The van der Waals surface area contributed by atoms with E-state index in [1.165, 1.54) is 38.5 Å². The molecule has 0 bridgehead atoms. The molecule has 0 amide bonds. The van der Waals surface area contributed by atoms with Crippen molar-refractivity contribution in [3.05, 3.63) is 18.5 Å². The van der Waals surface area contributed by atoms with Crippen molar-refractivity contribution in [2.75, 3.05) is 6.61 Å². The van der Waals surface area contributed by atoms with Crippen molar-refractivity contribution in [2.45, 2.75) is 38.5 Å². The van der Waals surface area contributed by atoms with Crippen molar-refractivity contribution in [2.24, 2.45) is 5.92 Å². The van der Waals surface area contributed by atoms with E-state index in [-0.39, 0.29) is 0 Å². The predicted molar refractivity (Wildman–Crippen MR) is 54.9 cm³/mol. The van der Waals surface area contributed by atoms with Gasteiger partial charge >= 0.3 is 0 Å². The molecule has 1 heterocycles. The lowest BCUT2D eigenvalue weighted by Crippen LogP contribution is -2.19. The third kappa shape index (κ3) is 2.76. The molecule has 0 radical (unpaired) electrons. The Morgan fingerprint density at radius 1 is 1.21 bits per heavy atom. The summed E-state index contributed by atoms with van der Waals surface area (Å²) in [5, 5.41) is 4.02. The molecule has 0 N–H and O–H groups in total. The number of rotatable bonds is 3. The van der Waals surface area contributed by atoms with Crippen LogP contribution in [-0.2, 0) is 0 Å². The molecule has 0 saturated heterocycles. The van der Waals surface area contributed by atoms with E-state index in [1.54, 1.807) is 11.0 Å². The minimum absolute atomic E-state index is 0.738. The first-order valence-electron chi connectivity index (χ1n) is 5.58. The summed E-state index contributed by atoms with van der Waals surface area (Å²) in [7, 11) is 0. The predicted octanol–water partition coefficient (Wildman–Crippen LogP) is 2.28. The van der Waals surface area contributed by atoms with Crippen LogP contribution in [-0.4, -0.2) is 16.6 Å². The second-order valence-electron chi connectivity index (χ2n) is 4.06. The first-order valence-corrected chi connectivity index (χ1v) is 5.58. The first-order chi connectivity index (χ1) is 6.95. The smallest absolute Gasteiger partial charge is 0.119 e. The zero-order chi connectivity index (χ0) is 9.64. The molecule has 0 atom stereocenters. The van der Waals surface area contributed by atoms with Gasteiger partial charge in [0, 0.05) is 0 Å². The minimum atomic E-state index is 0.738. The lowest BCUT2D eigenvalue weighted by Gasteiger charge is -2.13. The van der Waals surface area contributed by atoms with Crippen LogP contribution in [0, 0.1) is 5.92 Å². The number of hydrogen-bond donors (Lipinski definition) is 0. The Labute approximate surface area is 85.0 Å². The van der Waals surface area contributed by atoms with Gasteiger partial charge in [0.05, 0.1) is 12.4 Å². The highest BCUT2D eigenvalue weighted by atomic mass is 16.7. The average molecular weight is 194 g/mol. The summed E-state index contributed by atoms with van der Waals surface area (Å²) in [5.74, 6) is 0.738. The van der Waals surface area contributed by atoms with Crippen LogP contribution in [0.5, 0.6) is 0 Å². The Kier molecular flexibility index (Phi) is 3.44. The highest BCUT2D eigenvalue weighted by Crippen LogP contribution is 2.22. The number of aromatic nitrogens is 2. The molecule has 1 fully saturated rings. The molecule has 0 spiro atoms. The summed E-state index contributed by atoms with van der Waals surface area (Å²) in [4.78, 5) is 7.11. The van der Waals surface area contributed by atoms with Crippen molar-refractivity contribution in [3.8, 4) is 0 Å². The van der Waals surface area contributed by atoms with E-state index in [2.05, 4.69) is 5.10 Å². The van der Waals surface area contributed by atoms with Crippen LogP contribution in [0.1, 0.15) is 38.5 Å². The summed E-state index contributed by atoms with van der Waals surface area (Å²) in [6.45, 7) is 0.821. The third-order valence-electron chi connectivity index (χ3n) is 2.90. The molecule has 0 unspecified atom stereocenters. The van der Waals surface area contributed by atoms with Crippen LogP contribution in [0.2, 0.25) is 0 Å². The molecule has 1 aromatic rings. The molecule has 14 heavy (non-hydrogen) atoms. The van der Waals surface area contributed by atoms with Gasteiger partial charge in [-0.15, -0.1) is 9.94 Å². The Hall–Kier alpha value is -0.990. The SMILES string of the molecule is c1cnn(OCC2CCCCCC2)c1. The fourth-order valence-corrected chi connectivity index (χ4v) is 2.04. The van der Waals surface area contributed by atoms with Gasteiger partial charge < -0.3 is 4.84 Å². The van der Waals surface area contributed by atoms with Crippen molar-refractivity contribution in [1.29, 1.82) is 0 Å². The highest BCUT2D eigenvalue weighted by Gasteiger charge is 2.12. The van der Waals surface area contributed by atoms with E-state index in [9.17, 15) is 0 Å². The van der Waals surface area contributed by atoms with Crippen molar-refractivity contribution < 1.29 is 4.84 Å². The maximum atomic E-state index is 5.55. The molecule has 1 saturated carbocycles. The van der Waals surface area contributed by atoms with Gasteiger partial charge in [-0.2, -0.15) is 0 Å². The standard InChI is InChI=1S/C11H18N2O/c1-2-4-7-11(6-3-1)10-14-13-9-5-8-12-13/h5,8-9,11H,1-4,6-7,10H2. The van der Waals surface area contributed by atoms with Gasteiger partial charge in [-0.3, -0.25) is 0 Å². The molecule has 1 aromatic heterocycles. The fourth-order valence-electron chi connectivity index (χ4n) is 2.04. The molecular formula is C11H18N2O. The summed E-state index contributed by atoms with van der Waals surface area (Å²) in [5.41, 5.74) is 0. The normalized spacial score (nSPS) is 19.1. The van der Waals surface area contributed by atoms with Crippen LogP contribution < -0.4 is 4.84 Å². The Bertz CT molecular complexity index is 238. The van der Waals surface area contributed by atoms with Crippen molar-refractivity contribution >= 4 is 0 Å². The Balaban J connectivity index is 1.73. The van der Waals surface area contributed by atoms with Crippen LogP contribution in [0.15, 0.2) is 18.5 Å². The molecule has 3 nitrogen and oxygen atoms in total. The molecular weight excluding hydrogens is 176 g/mol. The first kappa shape index (κ1) is 9.56. The molecule has 1 aliphatic rings. The zero-order valence-electron chi connectivity index (χ0n) is 8.56. The van der Waals surface area contributed by atoms with Gasteiger partial charge in [-0.1, -0.05) is 25.7 Å². The molecule has 2 rings (SSSR count). The van der Waals surface area contributed by atoms with Gasteiger partial charge in [0.2, 0.25) is 0 Å². The topological polar surface area (TPSA) is 27.1 Å². The third-order valence-corrected chi connectivity index (χ3v) is 2.90. The Morgan fingerprint density at radius 3 is 2.64 bits per heavy atom. The minimum Gasteiger partial charge on any atom is -0.396 e. The van der Waals surface area contributed by atoms with Crippen molar-refractivity contribution in [1.82, 2.24) is 9.94 Å². The second kappa shape index (κ2) is 5.03. The lowest BCUT2D eigenvalue weighted by atomic mass is 10.0. The maximum Gasteiger partial charge on any atom is 0.119 e. The summed E-state index contributed by atoms with van der Waals surface area (Å²) in [6, 6.07) is 1.88. The number of nitrogens with zero attached hydrogens (tertiary/aromatic N) is 2. The monoisotopic (exact) mass is 194 g/mol. The average Bonchev–Trinajstić information content (AvgIpc) is 2.58. The van der Waals surface area contributed by atoms with Gasteiger partial charge in [0.25, 0.3) is 0 Å². The zero-order valence-corrected chi connectivity index (χ0v) is 8.56. The van der Waals surface area contributed by atoms with Crippen LogP contribution in [0.3, 0.4) is 0 Å². The van der Waals surface area contributed by atoms with E-state index in [0.717, 1.165) is 12.5 Å². The largest absolute Gasteiger partial charge is 0.396 e. The molecule has 78 valence electrons. The van der Waals surface area contributed by atoms with E-state index >= 15 is 0 Å². The van der Waals surface area contributed by atoms with Crippen LogP contribution in [0.4, 0.5) is 0 Å². The van der Waals surface area contributed by atoms with Gasteiger partial charge in [0.15, 0.2) is 0 Å². The molecule has 0 aromatic carbocycles. The Morgan fingerprint density at radius 2 is 2.00 bits per heavy atom. The highest BCUT2D eigenvalue weighted by molar-refractivity contribution is 4.75. The van der Waals surface area contributed by atoms with Crippen molar-refractivity contribution in [3.63, 3.8) is 0 Å². The summed E-state index contributed by atoms with van der Waals surface area (Å²) < 4.78 is 0. The quantitative estimate of drug-likeness (QED) is 0.690. The molecule has 3 heteroatoms. The molecule has 1 aliphatic carbocycles. The molecule has 0 aliphatic heterocycles. The summed E-state index contributed by atoms with van der Waals surface area (Å²) in [6.07, 6.45) is 11.8. The van der Waals surface area contributed by atoms with Gasteiger partial charge in [-0.25, -0.2) is 0 Å². The fraction of sp³-hybridized carbons (Fsp3) is 0.727. The maximum absolute atomic E-state index is 5.55. The van der Waals surface area contributed by atoms with E-state index < -0.39 is 0 Å². The van der Waals surface area contributed by atoms with E-state index in [1.807, 2.05) is 12.3 Å². The second-order valence-corrected chi connectivity index (χ2v) is 4.06. The number of hydrogen-bond acceptors (Lipinski definition) is 2. The van der Waals surface area contributed by atoms with E-state index in [0.29, 0.717) is 0 Å². The van der Waals surface area contributed by atoms with Crippen LogP contribution in [0.25, 0.3) is 0 Å². The summed E-state index contributed by atoms with van der Waals surface area (Å²) >= 11 is 0. The van der Waals surface area contributed by atoms with Gasteiger partial charge in [-0.05, 0) is 24.8 Å². The van der Waals surface area contributed by atoms with Crippen LogP contribution >= 0.6 is 0 Å². The van der Waals surface area contributed by atoms with Gasteiger partial charge in [0.1, 0.15) is 6.61 Å².